The van der Waals surface area contributed by atoms with Gasteiger partial charge in [0.05, 0.1) is 41.2 Å². The van der Waals surface area contributed by atoms with E-state index in [0.29, 0.717) is 0 Å². The van der Waals surface area contributed by atoms with Gasteiger partial charge in [-0.2, -0.15) is 0 Å². The molecule has 0 saturated heterocycles. The minimum absolute atomic E-state index is 0.0709. The Morgan fingerprint density at radius 2 is 1.60 bits per heavy atom. The number of fused-ring (bicyclic) bond motifs is 14. The van der Waals surface area contributed by atoms with Crippen LogP contribution in [0.2, 0.25) is 0 Å². The molecule has 3 heterocycles. The van der Waals surface area contributed by atoms with Crippen LogP contribution in [-0.4, -0.2) is 80.5 Å². The van der Waals surface area contributed by atoms with Crippen molar-refractivity contribution in [3.05, 3.63) is 53.3 Å². The molecular formula is C37H47NO12. The van der Waals surface area contributed by atoms with E-state index in [9.17, 15) is 39.9 Å². The normalized spacial score (nSPS) is 33.2. The number of anilines is 1. The summed E-state index contributed by atoms with van der Waals surface area (Å²) in [5, 5.41) is 58.2. The maximum Gasteiger partial charge on any atom is 0.312 e. The number of nitrogens with one attached hydrogen (secondary N) is 1. The molecule has 0 radical (unpaired) electrons. The first-order valence-corrected chi connectivity index (χ1v) is 16.4. The summed E-state index contributed by atoms with van der Waals surface area (Å²) in [6, 6.07) is 1.06. The van der Waals surface area contributed by atoms with E-state index in [1.54, 1.807) is 39.8 Å². The molecule has 0 aliphatic carbocycles. The second-order valence-electron chi connectivity index (χ2n) is 13.4. The number of ether oxygens (including phenoxy) is 4. The number of carbonyl (C=O) groups excluding carboxylic acids is 3. The smallest absolute Gasteiger partial charge is 0.312 e. The van der Waals surface area contributed by atoms with Crippen LogP contribution < -0.4 is 10.1 Å². The Kier molecular flexibility index (Phi) is 11.2. The first kappa shape index (κ1) is 38.2. The molecule has 2 aromatic carbocycles. The number of esters is 1. The van der Waals surface area contributed by atoms with Gasteiger partial charge < -0.3 is 49.8 Å². The molecule has 50 heavy (non-hydrogen) atoms. The van der Waals surface area contributed by atoms with Crippen molar-refractivity contribution in [2.75, 3.05) is 12.4 Å². The Bertz CT molecular complexity index is 1760. The molecule has 272 valence electrons. The molecule has 0 saturated carbocycles. The molecule has 0 aromatic heterocycles. The van der Waals surface area contributed by atoms with Crippen LogP contribution in [-0.2, 0) is 23.8 Å². The number of carbonyl (C=O) groups is 3. The van der Waals surface area contributed by atoms with Crippen LogP contribution in [0.1, 0.15) is 64.4 Å². The van der Waals surface area contributed by atoms with Crippen molar-refractivity contribution >= 4 is 34.1 Å². The number of ketones is 1. The molecule has 6 N–H and O–H groups in total. The van der Waals surface area contributed by atoms with E-state index in [-0.39, 0.29) is 38.9 Å². The first-order chi connectivity index (χ1) is 23.4. The van der Waals surface area contributed by atoms with Crippen molar-refractivity contribution in [1.29, 1.82) is 0 Å². The lowest BCUT2D eigenvalue weighted by molar-refractivity contribution is -0.160. The van der Waals surface area contributed by atoms with Crippen molar-refractivity contribution < 1.29 is 58.9 Å². The summed E-state index contributed by atoms with van der Waals surface area (Å²) >= 11 is 0. The number of amides is 1. The van der Waals surface area contributed by atoms with Crippen molar-refractivity contribution in [3.63, 3.8) is 0 Å². The van der Waals surface area contributed by atoms with Crippen LogP contribution in [0.5, 0.6) is 23.0 Å². The Morgan fingerprint density at radius 1 is 0.940 bits per heavy atom. The topological polar surface area (TPSA) is 201 Å². The number of phenols is 3. The summed E-state index contributed by atoms with van der Waals surface area (Å²) in [5.74, 6) is -7.99. The van der Waals surface area contributed by atoms with Crippen LogP contribution in [0.4, 0.5) is 5.69 Å². The lowest BCUT2D eigenvalue weighted by atomic mass is 9.78. The van der Waals surface area contributed by atoms with Gasteiger partial charge in [0.2, 0.25) is 0 Å². The van der Waals surface area contributed by atoms with Gasteiger partial charge in [0.25, 0.3) is 11.7 Å². The standard InChI is InChI=1S/C37H47NO12/c1-16-11-10-12-17(2)36(46)38-23-15-24(40)26-27(32(23)44)31(43)21(6)34-28(26)35(45)37(8,50-34)48-14-13-25(47-9)18(3)33(49-22(7)39)20(5)30(42)19(4)29(16)41/h10-16,18-20,25,29-30,33,40-44H,1-9H3,(H,38,46)/b11-10+,14-13+,17-12-/t16-,18-,19-,20-,25+,29-,30-,33+,37-/m0/s1. The number of aliphatic hydroxyl groups excluding tert-OH is 2. The van der Waals surface area contributed by atoms with Gasteiger partial charge >= 0.3 is 11.8 Å². The highest BCUT2D eigenvalue weighted by Crippen LogP contribution is 2.53. The highest BCUT2D eigenvalue weighted by atomic mass is 16.7. The number of hydrogen-bond acceptors (Lipinski definition) is 12. The minimum Gasteiger partial charge on any atom is -0.507 e. The molecular weight excluding hydrogens is 650 g/mol. The predicted octanol–water partition coefficient (Wildman–Crippen LogP) is 4.75. The summed E-state index contributed by atoms with van der Waals surface area (Å²) in [4.78, 5) is 39.2. The second-order valence-corrected chi connectivity index (χ2v) is 13.4. The average molecular weight is 698 g/mol. The number of rotatable bonds is 2. The molecule has 3 aliphatic heterocycles. The number of aliphatic hydroxyl groups is 2. The number of methoxy groups -OCH3 is 1. The fraction of sp³-hybridized carbons (Fsp3) is 0.486. The molecule has 13 nitrogen and oxygen atoms in total. The van der Waals surface area contributed by atoms with E-state index in [0.717, 1.165) is 6.07 Å². The monoisotopic (exact) mass is 697 g/mol. The number of benzene rings is 2. The summed E-state index contributed by atoms with van der Waals surface area (Å²) in [7, 11) is 1.43. The van der Waals surface area contributed by atoms with E-state index in [4.69, 9.17) is 18.9 Å². The largest absolute Gasteiger partial charge is 0.507 e. The maximum atomic E-state index is 13.9. The van der Waals surface area contributed by atoms with E-state index in [1.165, 1.54) is 53.2 Å². The quantitative estimate of drug-likeness (QED) is 0.143. The predicted molar refractivity (Wildman–Crippen MR) is 184 cm³/mol. The Hall–Kier alpha value is -4.59. The SMILES string of the molecule is CO[C@@H]1/C=C/O[C@@]2(C)Oc3c(C)c(O)c4c(O)c(cc(O)c4c3C2=O)NC(=O)/C(C)=C\C=C\[C@H](C)[C@H](O)[C@H](C)[C@H](O)[C@H](C)[C@H](OC(C)=O)[C@H]1C. The lowest BCUT2D eigenvalue weighted by Gasteiger charge is -2.38. The van der Waals surface area contributed by atoms with Crippen molar-refractivity contribution in [1.82, 2.24) is 0 Å². The van der Waals surface area contributed by atoms with Gasteiger partial charge in [-0.25, -0.2) is 0 Å². The van der Waals surface area contributed by atoms with Gasteiger partial charge in [-0.05, 0) is 19.9 Å². The molecule has 3 aliphatic rings. The maximum absolute atomic E-state index is 13.9. The number of Topliss-reactive ketones (excluding diaryl/α,β-unsaturated/α-hetero) is 1. The zero-order valence-corrected chi connectivity index (χ0v) is 29.7. The summed E-state index contributed by atoms with van der Waals surface area (Å²) in [6.07, 6.45) is 3.62. The lowest BCUT2D eigenvalue weighted by Crippen LogP contribution is -2.46. The number of aromatic hydroxyl groups is 3. The van der Waals surface area contributed by atoms with Gasteiger partial charge in [0, 0.05) is 67.2 Å². The number of hydrogen-bond donors (Lipinski definition) is 6. The zero-order chi connectivity index (χ0) is 37.4. The van der Waals surface area contributed by atoms with Gasteiger partial charge in [0.15, 0.2) is 5.75 Å². The van der Waals surface area contributed by atoms with Gasteiger partial charge in [-0.3, -0.25) is 14.4 Å². The summed E-state index contributed by atoms with van der Waals surface area (Å²) in [6.45, 7) is 12.5. The Balaban J connectivity index is 1.87. The van der Waals surface area contributed by atoms with E-state index in [1.807, 2.05) is 0 Å². The first-order valence-electron chi connectivity index (χ1n) is 16.4. The fourth-order valence-corrected chi connectivity index (χ4v) is 6.65. The number of allylic oxidation sites excluding steroid dienone is 2. The molecule has 5 rings (SSSR count). The van der Waals surface area contributed by atoms with Crippen LogP contribution in [0.25, 0.3) is 10.8 Å². The Morgan fingerprint density at radius 3 is 2.22 bits per heavy atom. The molecule has 5 bridgehead atoms. The summed E-state index contributed by atoms with van der Waals surface area (Å²) in [5.41, 5.74) is -0.0929. The summed E-state index contributed by atoms with van der Waals surface area (Å²) < 4.78 is 23.2. The van der Waals surface area contributed by atoms with Crippen molar-refractivity contribution in [2.45, 2.75) is 85.6 Å². The fourth-order valence-electron chi connectivity index (χ4n) is 6.65. The van der Waals surface area contributed by atoms with E-state index < -0.39 is 88.8 Å². The highest BCUT2D eigenvalue weighted by molar-refractivity contribution is 6.21. The van der Waals surface area contributed by atoms with E-state index >= 15 is 0 Å². The second kappa shape index (κ2) is 14.7. The third kappa shape index (κ3) is 7.03. The molecule has 13 heteroatoms. The van der Waals surface area contributed by atoms with Gasteiger partial charge in [-0.1, -0.05) is 45.9 Å². The average Bonchev–Trinajstić information content (AvgIpc) is 3.33. The van der Waals surface area contributed by atoms with Crippen LogP contribution in [0.15, 0.2) is 42.2 Å². The molecule has 1 amide bonds. The van der Waals surface area contributed by atoms with Crippen LogP contribution in [0.3, 0.4) is 0 Å². The van der Waals surface area contributed by atoms with Crippen molar-refractivity contribution in [3.8, 4) is 23.0 Å². The van der Waals surface area contributed by atoms with Gasteiger partial charge in [-0.15, -0.1) is 0 Å². The third-order valence-electron chi connectivity index (χ3n) is 9.84. The van der Waals surface area contributed by atoms with Gasteiger partial charge in [0.1, 0.15) is 23.4 Å². The molecule has 2 aromatic rings. The van der Waals surface area contributed by atoms with Crippen molar-refractivity contribution in [2.24, 2.45) is 23.7 Å². The van der Waals surface area contributed by atoms with Crippen LogP contribution in [0, 0.1) is 30.6 Å². The highest BCUT2D eigenvalue weighted by Gasteiger charge is 2.49. The number of phenolic OH excluding ortho intramolecular Hbond substituents is 3. The Labute approximate surface area is 290 Å². The van der Waals surface area contributed by atoms with E-state index in [2.05, 4.69) is 5.32 Å². The third-order valence-corrected chi connectivity index (χ3v) is 9.84. The molecule has 0 unspecified atom stereocenters. The molecule has 0 spiro atoms. The zero-order valence-electron chi connectivity index (χ0n) is 29.7. The molecule has 9 atom stereocenters. The minimum atomic E-state index is -1.98. The van der Waals surface area contributed by atoms with Crippen LogP contribution >= 0.6 is 0 Å². The molecule has 0 fully saturated rings.